The lowest BCUT2D eigenvalue weighted by atomic mass is 9.46. The van der Waals surface area contributed by atoms with Crippen molar-refractivity contribution >= 4 is 45.3 Å². The van der Waals surface area contributed by atoms with E-state index < -0.39 is 28.9 Å². The maximum Gasteiger partial charge on any atom is 0.334 e. The Kier molecular flexibility index (Phi) is 9.80. The number of hydrogen-bond donors (Lipinski definition) is 2. The summed E-state index contributed by atoms with van der Waals surface area (Å²) in [5, 5.41) is 6.76. The molecule has 10 atom stereocenters. The zero-order valence-electron chi connectivity index (χ0n) is 30.3. The number of esters is 2. The van der Waals surface area contributed by atoms with Gasteiger partial charge in [0.05, 0.1) is 12.5 Å². The van der Waals surface area contributed by atoms with E-state index >= 15 is 0 Å². The van der Waals surface area contributed by atoms with Gasteiger partial charge in [0.2, 0.25) is 11.8 Å². The van der Waals surface area contributed by atoms with Gasteiger partial charge in [-0.3, -0.25) is 14.4 Å². The van der Waals surface area contributed by atoms with Crippen molar-refractivity contribution < 1.29 is 42.9 Å². The highest BCUT2D eigenvalue weighted by atomic mass is 33.1. The number of amides is 2. The van der Waals surface area contributed by atoms with Crippen LogP contribution in [0, 0.1) is 17.3 Å². The van der Waals surface area contributed by atoms with Gasteiger partial charge in [0.15, 0.2) is 11.7 Å². The van der Waals surface area contributed by atoms with Gasteiger partial charge in [0.1, 0.15) is 30.0 Å². The van der Waals surface area contributed by atoms with Crippen molar-refractivity contribution in [2.75, 3.05) is 25.4 Å². The Hall–Kier alpha value is -1.80. The molecule has 0 radical (unpaired) electrons. The first kappa shape index (κ1) is 36.2. The lowest BCUT2D eigenvalue weighted by Crippen LogP contribution is -2.70. The number of nitrogens with one attached hydrogen (secondary N) is 2. The summed E-state index contributed by atoms with van der Waals surface area (Å²) in [5.74, 6) is 0.801. The summed E-state index contributed by atoms with van der Waals surface area (Å²) < 4.78 is 31.8. The van der Waals surface area contributed by atoms with E-state index in [1.165, 1.54) is 18.6 Å². The van der Waals surface area contributed by atoms with Crippen LogP contribution in [0.5, 0.6) is 0 Å². The van der Waals surface area contributed by atoms with E-state index in [0.717, 1.165) is 67.8 Å². The highest BCUT2D eigenvalue weighted by Gasteiger charge is 3.01. The molecule has 282 valence electrons. The first-order valence-electron chi connectivity index (χ1n) is 19.5. The molecule has 0 bridgehead atoms. The third-order valence-electron chi connectivity index (χ3n) is 13.5. The predicted molar refractivity (Wildman–Crippen MR) is 192 cm³/mol. The minimum absolute atomic E-state index is 0.0207. The molecule has 13 heteroatoms. The van der Waals surface area contributed by atoms with E-state index in [9.17, 15) is 19.2 Å². The van der Waals surface area contributed by atoms with Crippen LogP contribution in [0.2, 0.25) is 0 Å². The number of rotatable bonds is 17. The van der Waals surface area contributed by atoms with Gasteiger partial charge in [-0.15, -0.1) is 0 Å². The third-order valence-corrected chi connectivity index (χ3v) is 16.5. The standard InChI is InChI=1S/C38H54N2O9S2/c1-22(2)36-31(48-36)32-38(49-32)35(3)16-14-24-25(21-45-33(24)44)26(35)20-27-37(38,47-27)34(36)46-30(43)13-12-29(42)40-18-9-5-4-8-17-39-28(41)11-7-6-10-23-15-19-50-51-23/h22-23,26-27,31-32,34H,4-21H2,1-3H3,(H,39,41)(H,40,42)/t23?,26-,27-,31-,32-,34+,35-,36-,37+,38+/m0/s1. The normalized spacial score (nSPS) is 40.6. The lowest BCUT2D eigenvalue weighted by Gasteiger charge is -2.53. The van der Waals surface area contributed by atoms with Gasteiger partial charge in [-0.1, -0.05) is 61.6 Å². The fourth-order valence-corrected chi connectivity index (χ4v) is 13.7. The predicted octanol–water partition coefficient (Wildman–Crippen LogP) is 4.94. The molecule has 1 unspecified atom stereocenters. The van der Waals surface area contributed by atoms with Crippen LogP contribution in [0.1, 0.15) is 111 Å². The molecule has 2 amide bonds. The largest absolute Gasteiger partial charge is 0.458 e. The van der Waals surface area contributed by atoms with Gasteiger partial charge in [-0.25, -0.2) is 4.79 Å². The molecule has 8 aliphatic rings. The summed E-state index contributed by atoms with van der Waals surface area (Å²) in [6.45, 7) is 8.04. The number of cyclic esters (lactones) is 1. The minimum atomic E-state index is -0.796. The van der Waals surface area contributed by atoms with Crippen LogP contribution < -0.4 is 10.6 Å². The molecule has 0 aromatic rings. The summed E-state index contributed by atoms with van der Waals surface area (Å²) in [6.07, 6.45) is 10.0. The Bertz CT molecular complexity index is 1470. The number of carbonyl (C=O) groups excluding carboxylic acids is 4. The molecule has 2 spiro atoms. The minimum Gasteiger partial charge on any atom is -0.458 e. The smallest absolute Gasteiger partial charge is 0.334 e. The van der Waals surface area contributed by atoms with Crippen LogP contribution in [-0.4, -0.2) is 95.7 Å². The van der Waals surface area contributed by atoms with Gasteiger partial charge in [0, 0.05) is 47.9 Å². The molecular formula is C38H54N2O9S2. The molecule has 2 N–H and O–H groups in total. The Labute approximate surface area is 308 Å². The van der Waals surface area contributed by atoms with Crippen LogP contribution >= 0.6 is 21.6 Å². The summed E-state index contributed by atoms with van der Waals surface area (Å²) in [6, 6.07) is 0. The molecule has 11 nitrogen and oxygen atoms in total. The molecule has 51 heavy (non-hydrogen) atoms. The second kappa shape index (κ2) is 13.8. The van der Waals surface area contributed by atoms with Crippen LogP contribution in [-0.2, 0) is 42.9 Å². The molecule has 5 aliphatic heterocycles. The molecule has 0 aromatic heterocycles. The van der Waals surface area contributed by atoms with Gasteiger partial charge < -0.3 is 34.3 Å². The van der Waals surface area contributed by atoms with E-state index in [4.69, 9.17) is 23.7 Å². The molecule has 5 heterocycles. The summed E-state index contributed by atoms with van der Waals surface area (Å²) >= 11 is 0. The second-order valence-corrected chi connectivity index (χ2v) is 19.4. The van der Waals surface area contributed by atoms with Crippen LogP contribution in [0.15, 0.2) is 11.1 Å². The SMILES string of the molecule is CC(C)[C@]12O[C@H]1[C@@H]1O[C@]13[C@]1(O[C@H]1C[C@H]1C4=C(CC[C@@]13C)C(=O)OC4)[C@@H]2OC(=O)CCC(=O)NCCCCCCNC(=O)CCCCC1CCSS1. The Balaban J connectivity index is 0.766. The van der Waals surface area contributed by atoms with Crippen molar-refractivity contribution in [3.05, 3.63) is 11.1 Å². The maximum atomic E-state index is 13.5. The van der Waals surface area contributed by atoms with E-state index in [1.807, 2.05) is 21.6 Å². The van der Waals surface area contributed by atoms with E-state index in [2.05, 4.69) is 31.4 Å². The molecule has 3 aliphatic carbocycles. The molecule has 2 saturated carbocycles. The zero-order valence-corrected chi connectivity index (χ0v) is 31.9. The topological polar surface area (TPSA) is 148 Å². The maximum absolute atomic E-state index is 13.5. The van der Waals surface area contributed by atoms with Gasteiger partial charge in [-0.05, 0) is 68.8 Å². The Morgan fingerprint density at radius 2 is 1.71 bits per heavy atom. The van der Waals surface area contributed by atoms with E-state index in [0.29, 0.717) is 32.5 Å². The highest BCUT2D eigenvalue weighted by Crippen LogP contribution is 2.83. The fraction of sp³-hybridized carbons (Fsp3) is 0.842. The van der Waals surface area contributed by atoms with Crippen molar-refractivity contribution in [2.45, 2.75) is 157 Å². The molecule has 4 saturated heterocycles. The third kappa shape index (κ3) is 5.89. The zero-order chi connectivity index (χ0) is 35.6. The Morgan fingerprint density at radius 1 is 0.941 bits per heavy atom. The van der Waals surface area contributed by atoms with Crippen LogP contribution in [0.3, 0.4) is 0 Å². The van der Waals surface area contributed by atoms with Crippen LogP contribution in [0.25, 0.3) is 0 Å². The quantitative estimate of drug-likeness (QED) is 0.0903. The molecular weight excluding hydrogens is 693 g/mol. The molecule has 6 fully saturated rings. The van der Waals surface area contributed by atoms with Crippen molar-refractivity contribution in [2.24, 2.45) is 17.3 Å². The highest BCUT2D eigenvalue weighted by molar-refractivity contribution is 8.77. The van der Waals surface area contributed by atoms with Crippen molar-refractivity contribution in [3.8, 4) is 0 Å². The van der Waals surface area contributed by atoms with Gasteiger partial charge >= 0.3 is 11.9 Å². The van der Waals surface area contributed by atoms with Crippen molar-refractivity contribution in [1.82, 2.24) is 10.6 Å². The van der Waals surface area contributed by atoms with Crippen molar-refractivity contribution in [3.63, 3.8) is 0 Å². The van der Waals surface area contributed by atoms with E-state index in [1.54, 1.807) is 0 Å². The average Bonchev–Trinajstić information content (AvgIpc) is 4.05. The molecule has 0 aromatic carbocycles. The molecule has 8 rings (SSSR count). The number of epoxide rings is 3. The van der Waals surface area contributed by atoms with Gasteiger partial charge in [0.25, 0.3) is 0 Å². The van der Waals surface area contributed by atoms with Crippen molar-refractivity contribution in [1.29, 1.82) is 0 Å². The summed E-state index contributed by atoms with van der Waals surface area (Å²) in [5.41, 5.74) is -0.519. The summed E-state index contributed by atoms with van der Waals surface area (Å²) in [7, 11) is 3.97. The number of fused-ring (bicyclic) bond motifs is 4. The summed E-state index contributed by atoms with van der Waals surface area (Å²) in [4.78, 5) is 50.7. The van der Waals surface area contributed by atoms with Gasteiger partial charge in [-0.2, -0.15) is 0 Å². The lowest BCUT2D eigenvalue weighted by molar-refractivity contribution is -0.169. The van der Waals surface area contributed by atoms with E-state index in [-0.39, 0.29) is 66.2 Å². The average molecular weight is 747 g/mol. The Morgan fingerprint density at radius 3 is 2.43 bits per heavy atom. The number of carbonyl (C=O) groups is 4. The second-order valence-electron chi connectivity index (χ2n) is 16.6. The number of hydrogen-bond acceptors (Lipinski definition) is 11. The number of unbranched alkanes of at least 4 members (excludes halogenated alkanes) is 4. The monoisotopic (exact) mass is 746 g/mol. The fourth-order valence-electron chi connectivity index (χ4n) is 10.7. The van der Waals surface area contributed by atoms with Crippen LogP contribution in [0.4, 0.5) is 0 Å². The number of ether oxygens (including phenoxy) is 5. The first-order chi connectivity index (χ1) is 24.6. The first-order valence-corrected chi connectivity index (χ1v) is 21.9.